The van der Waals surface area contributed by atoms with Crippen LogP contribution in [0.25, 0.3) is 5.69 Å². The molecule has 0 saturated carbocycles. The van der Waals surface area contributed by atoms with Gasteiger partial charge in [-0.2, -0.15) is 0 Å². The third kappa shape index (κ3) is 5.07. The minimum absolute atomic E-state index is 0.199. The third-order valence-electron chi connectivity index (χ3n) is 2.88. The monoisotopic (exact) mass is 335 g/mol. The Morgan fingerprint density at radius 2 is 2.00 bits per heavy atom. The zero-order valence-electron chi connectivity index (χ0n) is 13.6. The van der Waals surface area contributed by atoms with Gasteiger partial charge in [0.2, 0.25) is 0 Å². The van der Waals surface area contributed by atoms with Crippen LogP contribution in [0.4, 0.5) is 0 Å². The van der Waals surface area contributed by atoms with Crippen molar-refractivity contribution >= 4 is 17.7 Å². The molecule has 0 bridgehead atoms. The van der Waals surface area contributed by atoms with E-state index in [9.17, 15) is 4.79 Å². The summed E-state index contributed by atoms with van der Waals surface area (Å²) in [4.78, 5) is 11.8. The number of hydrogen-bond donors (Lipinski definition) is 0. The van der Waals surface area contributed by atoms with Crippen molar-refractivity contribution in [2.45, 2.75) is 25.6 Å². The van der Waals surface area contributed by atoms with Crippen LogP contribution in [-0.4, -0.2) is 40.2 Å². The summed E-state index contributed by atoms with van der Waals surface area (Å²) in [6.07, 6.45) is 0. The Labute approximate surface area is 140 Å². The van der Waals surface area contributed by atoms with Gasteiger partial charge < -0.3 is 9.47 Å². The van der Waals surface area contributed by atoms with Crippen LogP contribution in [0, 0.1) is 5.92 Å². The molecule has 1 heterocycles. The van der Waals surface area contributed by atoms with Gasteiger partial charge in [0.25, 0.3) is 0 Å². The molecular weight excluding hydrogens is 314 g/mol. The van der Waals surface area contributed by atoms with E-state index in [2.05, 4.69) is 10.2 Å². The number of aromatic nitrogens is 3. The van der Waals surface area contributed by atoms with Gasteiger partial charge in [0.15, 0.2) is 11.0 Å². The molecule has 0 fully saturated rings. The lowest BCUT2D eigenvalue weighted by molar-refractivity contribution is -0.141. The van der Waals surface area contributed by atoms with Crippen LogP contribution in [0.1, 0.15) is 19.7 Å². The van der Waals surface area contributed by atoms with Gasteiger partial charge >= 0.3 is 5.97 Å². The van der Waals surface area contributed by atoms with Crippen LogP contribution >= 0.6 is 11.8 Å². The average molecular weight is 335 g/mol. The molecule has 0 amide bonds. The number of rotatable bonds is 8. The van der Waals surface area contributed by atoms with E-state index in [1.807, 2.05) is 48.7 Å². The van der Waals surface area contributed by atoms with Gasteiger partial charge in [0.05, 0.1) is 12.4 Å². The van der Waals surface area contributed by atoms with Crippen LogP contribution in [0.15, 0.2) is 35.5 Å². The first kappa shape index (κ1) is 17.5. The molecule has 0 aliphatic heterocycles. The largest absolute Gasteiger partial charge is 0.465 e. The Balaban J connectivity index is 2.11. The molecule has 0 aliphatic carbocycles. The zero-order chi connectivity index (χ0) is 16.7. The second kappa shape index (κ2) is 8.69. The van der Waals surface area contributed by atoms with Crippen LogP contribution in [0.5, 0.6) is 0 Å². The molecule has 0 saturated heterocycles. The maximum Gasteiger partial charge on any atom is 0.316 e. The van der Waals surface area contributed by atoms with Crippen LogP contribution < -0.4 is 0 Å². The van der Waals surface area contributed by atoms with Crippen molar-refractivity contribution in [3.8, 4) is 5.69 Å². The Morgan fingerprint density at radius 1 is 1.26 bits per heavy atom. The van der Waals surface area contributed by atoms with E-state index in [0.717, 1.165) is 5.69 Å². The van der Waals surface area contributed by atoms with Crippen LogP contribution in [-0.2, 0) is 20.9 Å². The molecule has 7 heteroatoms. The topological polar surface area (TPSA) is 66.2 Å². The summed E-state index contributed by atoms with van der Waals surface area (Å²) >= 11 is 1.31. The van der Waals surface area contributed by atoms with Crippen molar-refractivity contribution < 1.29 is 14.3 Å². The molecule has 0 unspecified atom stereocenters. The molecule has 124 valence electrons. The fraction of sp³-hybridized carbons (Fsp3) is 0.438. The molecule has 0 atom stereocenters. The standard InChI is InChI=1S/C16H21N3O3S/c1-12(2)9-22-15(20)11-23-16-18-17-14(10-21-3)19(16)13-7-5-4-6-8-13/h4-8,12H,9-11H2,1-3H3. The number of esters is 1. The molecule has 0 N–H and O–H groups in total. The highest BCUT2D eigenvalue weighted by atomic mass is 32.2. The lowest BCUT2D eigenvalue weighted by Gasteiger charge is -2.10. The van der Waals surface area contributed by atoms with E-state index in [1.54, 1.807) is 7.11 Å². The van der Waals surface area contributed by atoms with Crippen molar-refractivity contribution in [1.82, 2.24) is 14.8 Å². The van der Waals surface area contributed by atoms with Gasteiger partial charge in [-0.3, -0.25) is 9.36 Å². The molecule has 6 nitrogen and oxygen atoms in total. The molecular formula is C16H21N3O3S. The first-order chi connectivity index (χ1) is 11.1. The van der Waals surface area contributed by atoms with Gasteiger partial charge in [-0.25, -0.2) is 0 Å². The number of para-hydroxylation sites is 1. The van der Waals surface area contributed by atoms with Gasteiger partial charge in [-0.15, -0.1) is 10.2 Å². The number of carbonyl (C=O) groups excluding carboxylic acids is 1. The molecule has 1 aromatic carbocycles. The Bertz CT molecular complexity index is 629. The summed E-state index contributed by atoms with van der Waals surface area (Å²) < 4.78 is 12.2. The summed E-state index contributed by atoms with van der Waals surface area (Å²) in [6, 6.07) is 9.75. The van der Waals surface area contributed by atoms with Crippen LogP contribution in [0.2, 0.25) is 0 Å². The number of nitrogens with zero attached hydrogens (tertiary/aromatic N) is 3. The minimum atomic E-state index is -0.250. The number of ether oxygens (including phenoxy) is 2. The fourth-order valence-electron chi connectivity index (χ4n) is 1.88. The summed E-state index contributed by atoms with van der Waals surface area (Å²) in [5.41, 5.74) is 0.933. The van der Waals surface area contributed by atoms with E-state index in [4.69, 9.17) is 9.47 Å². The number of methoxy groups -OCH3 is 1. The smallest absolute Gasteiger partial charge is 0.316 e. The van der Waals surface area contributed by atoms with E-state index in [0.29, 0.717) is 30.1 Å². The summed E-state index contributed by atoms with van der Waals surface area (Å²) in [5.74, 6) is 0.964. The average Bonchev–Trinajstić information content (AvgIpc) is 2.95. The second-order valence-corrected chi connectivity index (χ2v) is 6.31. The van der Waals surface area contributed by atoms with E-state index in [1.165, 1.54) is 11.8 Å². The lowest BCUT2D eigenvalue weighted by Crippen LogP contribution is -2.12. The molecule has 0 spiro atoms. The number of carbonyl (C=O) groups is 1. The number of thioether (sulfide) groups is 1. The maximum absolute atomic E-state index is 11.8. The van der Waals surface area contributed by atoms with Gasteiger partial charge in [-0.1, -0.05) is 43.8 Å². The highest BCUT2D eigenvalue weighted by molar-refractivity contribution is 7.99. The highest BCUT2D eigenvalue weighted by Gasteiger charge is 2.16. The normalized spacial score (nSPS) is 11.0. The van der Waals surface area contributed by atoms with E-state index < -0.39 is 0 Å². The first-order valence-corrected chi connectivity index (χ1v) is 8.37. The van der Waals surface area contributed by atoms with Crippen molar-refractivity contribution in [1.29, 1.82) is 0 Å². The maximum atomic E-state index is 11.8. The third-order valence-corrected chi connectivity index (χ3v) is 3.79. The van der Waals surface area contributed by atoms with Crippen molar-refractivity contribution in [2.24, 2.45) is 5.92 Å². The molecule has 2 rings (SSSR count). The van der Waals surface area contributed by atoms with Crippen molar-refractivity contribution in [3.63, 3.8) is 0 Å². The molecule has 0 radical (unpaired) electrons. The van der Waals surface area contributed by atoms with Gasteiger partial charge in [0.1, 0.15) is 6.61 Å². The quantitative estimate of drug-likeness (QED) is 0.546. The second-order valence-electron chi connectivity index (χ2n) is 5.37. The fourth-order valence-corrected chi connectivity index (χ4v) is 2.65. The predicted molar refractivity (Wildman–Crippen MR) is 88.6 cm³/mol. The number of benzene rings is 1. The zero-order valence-corrected chi connectivity index (χ0v) is 14.4. The van der Waals surface area contributed by atoms with Gasteiger partial charge in [0, 0.05) is 12.8 Å². The summed E-state index contributed by atoms with van der Waals surface area (Å²) in [5, 5.41) is 8.96. The lowest BCUT2D eigenvalue weighted by atomic mass is 10.2. The highest BCUT2D eigenvalue weighted by Crippen LogP contribution is 2.22. The summed E-state index contributed by atoms with van der Waals surface area (Å²) in [6.45, 7) is 4.78. The first-order valence-electron chi connectivity index (χ1n) is 7.39. The Kier molecular flexibility index (Phi) is 6.61. The van der Waals surface area contributed by atoms with Crippen molar-refractivity contribution in [3.05, 3.63) is 36.2 Å². The van der Waals surface area contributed by atoms with Gasteiger partial charge in [-0.05, 0) is 18.1 Å². The van der Waals surface area contributed by atoms with E-state index >= 15 is 0 Å². The molecule has 0 aliphatic rings. The Morgan fingerprint density at radius 3 is 2.65 bits per heavy atom. The SMILES string of the molecule is COCc1nnc(SCC(=O)OCC(C)C)n1-c1ccccc1. The predicted octanol–water partition coefficient (Wildman–Crippen LogP) is 2.71. The molecule has 1 aromatic heterocycles. The minimum Gasteiger partial charge on any atom is -0.465 e. The van der Waals surface area contributed by atoms with Crippen LogP contribution in [0.3, 0.4) is 0 Å². The number of hydrogen-bond acceptors (Lipinski definition) is 6. The Hall–Kier alpha value is -1.86. The summed E-state index contributed by atoms with van der Waals surface area (Å²) in [7, 11) is 1.61. The molecule has 23 heavy (non-hydrogen) atoms. The van der Waals surface area contributed by atoms with E-state index in [-0.39, 0.29) is 11.7 Å². The molecule has 2 aromatic rings. The van der Waals surface area contributed by atoms with Crippen molar-refractivity contribution in [2.75, 3.05) is 19.5 Å².